The molecule has 1 saturated carbocycles. The predicted molar refractivity (Wildman–Crippen MR) is 43.8 cm³/mol. The largest absolute Gasteiger partial charge is 0.369 e. The van der Waals surface area contributed by atoms with Gasteiger partial charge in [-0.2, -0.15) is 0 Å². The molecule has 1 aliphatic rings. The Morgan fingerprint density at radius 2 is 1.08 bits per heavy atom. The molecule has 4 nitrogen and oxygen atoms in total. The standard InChI is InChI=1S/C8H14N2O2/c9-7(11)5-1-2-6(4-3-5)8(10)12/h5-6H,1-4H2,(H2,9,11)(H2,10,12)/t5-,6-. The van der Waals surface area contributed by atoms with Gasteiger partial charge in [0.05, 0.1) is 0 Å². The van der Waals surface area contributed by atoms with E-state index in [9.17, 15) is 9.59 Å². The van der Waals surface area contributed by atoms with Gasteiger partial charge in [0.25, 0.3) is 0 Å². The van der Waals surface area contributed by atoms with Crippen LogP contribution in [0.25, 0.3) is 0 Å². The van der Waals surface area contributed by atoms with Crippen molar-refractivity contribution in [1.82, 2.24) is 0 Å². The Morgan fingerprint density at radius 3 is 1.25 bits per heavy atom. The fourth-order valence-corrected chi connectivity index (χ4v) is 1.66. The monoisotopic (exact) mass is 170 g/mol. The summed E-state index contributed by atoms with van der Waals surface area (Å²) in [7, 11) is 0. The summed E-state index contributed by atoms with van der Waals surface area (Å²) < 4.78 is 0. The molecular weight excluding hydrogens is 156 g/mol. The minimum atomic E-state index is -0.252. The minimum absolute atomic E-state index is 0.0411. The zero-order chi connectivity index (χ0) is 9.14. The molecule has 4 heteroatoms. The topological polar surface area (TPSA) is 86.2 Å². The van der Waals surface area contributed by atoms with Gasteiger partial charge in [0.15, 0.2) is 0 Å². The van der Waals surface area contributed by atoms with Crippen molar-refractivity contribution in [2.45, 2.75) is 25.7 Å². The van der Waals surface area contributed by atoms with Gasteiger partial charge in [-0.25, -0.2) is 0 Å². The number of hydrogen-bond acceptors (Lipinski definition) is 2. The van der Waals surface area contributed by atoms with Crippen molar-refractivity contribution < 1.29 is 9.59 Å². The number of carbonyl (C=O) groups excluding carboxylic acids is 2. The maximum atomic E-state index is 10.7. The van der Waals surface area contributed by atoms with Crippen LogP contribution in [0.15, 0.2) is 0 Å². The molecule has 4 N–H and O–H groups in total. The van der Waals surface area contributed by atoms with Crippen molar-refractivity contribution in [3.8, 4) is 0 Å². The molecule has 12 heavy (non-hydrogen) atoms. The molecule has 0 spiro atoms. The Bertz CT molecular complexity index is 173. The van der Waals surface area contributed by atoms with E-state index in [4.69, 9.17) is 11.5 Å². The van der Waals surface area contributed by atoms with E-state index in [-0.39, 0.29) is 23.7 Å². The van der Waals surface area contributed by atoms with Crippen LogP contribution in [0.2, 0.25) is 0 Å². The second-order valence-electron chi connectivity index (χ2n) is 3.35. The van der Waals surface area contributed by atoms with Crippen molar-refractivity contribution in [1.29, 1.82) is 0 Å². The second-order valence-corrected chi connectivity index (χ2v) is 3.35. The maximum Gasteiger partial charge on any atom is 0.220 e. The summed E-state index contributed by atoms with van der Waals surface area (Å²) in [6.07, 6.45) is 2.84. The molecular formula is C8H14N2O2. The third-order valence-corrected chi connectivity index (χ3v) is 2.53. The summed E-state index contributed by atoms with van der Waals surface area (Å²) in [5.41, 5.74) is 10.3. The van der Waals surface area contributed by atoms with E-state index in [1.54, 1.807) is 0 Å². The number of amides is 2. The van der Waals surface area contributed by atoms with Gasteiger partial charge in [-0.15, -0.1) is 0 Å². The molecule has 1 aliphatic carbocycles. The molecule has 1 rings (SSSR count). The SMILES string of the molecule is NC(=O)[C@H]1CC[C@H](C(N)=O)CC1. The van der Waals surface area contributed by atoms with Crippen molar-refractivity contribution in [3.05, 3.63) is 0 Å². The maximum absolute atomic E-state index is 10.7. The Balaban J connectivity index is 2.39. The van der Waals surface area contributed by atoms with Gasteiger partial charge < -0.3 is 11.5 Å². The normalized spacial score (nSPS) is 29.7. The minimum Gasteiger partial charge on any atom is -0.369 e. The van der Waals surface area contributed by atoms with Crippen LogP contribution in [0, 0.1) is 11.8 Å². The average molecular weight is 170 g/mol. The van der Waals surface area contributed by atoms with E-state index in [2.05, 4.69) is 0 Å². The van der Waals surface area contributed by atoms with E-state index in [0.717, 1.165) is 0 Å². The molecule has 0 aromatic heterocycles. The van der Waals surface area contributed by atoms with Crippen LogP contribution < -0.4 is 11.5 Å². The third kappa shape index (κ3) is 1.96. The summed E-state index contributed by atoms with van der Waals surface area (Å²) in [6, 6.07) is 0. The first-order valence-corrected chi connectivity index (χ1v) is 4.20. The first-order valence-electron chi connectivity index (χ1n) is 4.20. The molecule has 0 heterocycles. The van der Waals surface area contributed by atoms with Gasteiger partial charge in [-0.1, -0.05) is 0 Å². The lowest BCUT2D eigenvalue weighted by atomic mass is 9.81. The molecule has 0 unspecified atom stereocenters. The Kier molecular flexibility index (Phi) is 2.68. The quantitative estimate of drug-likeness (QED) is 0.599. The molecule has 0 saturated heterocycles. The molecule has 1 fully saturated rings. The highest BCUT2D eigenvalue weighted by Gasteiger charge is 2.27. The zero-order valence-corrected chi connectivity index (χ0v) is 6.95. The van der Waals surface area contributed by atoms with E-state index in [1.165, 1.54) is 0 Å². The average Bonchev–Trinajstić information content (AvgIpc) is 2.04. The van der Waals surface area contributed by atoms with Crippen LogP contribution in [0.1, 0.15) is 25.7 Å². The predicted octanol–water partition coefficient (Wildman–Crippen LogP) is -0.237. The van der Waals surface area contributed by atoms with Gasteiger partial charge in [-0.05, 0) is 25.7 Å². The Labute approximate surface area is 71.3 Å². The Hall–Kier alpha value is -1.06. The fourth-order valence-electron chi connectivity index (χ4n) is 1.66. The molecule has 0 atom stereocenters. The summed E-state index contributed by atoms with van der Waals surface area (Å²) in [6.45, 7) is 0. The van der Waals surface area contributed by atoms with Crippen LogP contribution in [-0.4, -0.2) is 11.8 Å². The first-order chi connectivity index (χ1) is 5.61. The van der Waals surface area contributed by atoms with E-state index in [1.807, 2.05) is 0 Å². The smallest absolute Gasteiger partial charge is 0.220 e. The van der Waals surface area contributed by atoms with Crippen LogP contribution in [0.5, 0.6) is 0 Å². The van der Waals surface area contributed by atoms with Crippen molar-refractivity contribution >= 4 is 11.8 Å². The number of hydrogen-bond donors (Lipinski definition) is 2. The van der Waals surface area contributed by atoms with Crippen molar-refractivity contribution in [3.63, 3.8) is 0 Å². The highest BCUT2D eigenvalue weighted by atomic mass is 16.1. The molecule has 0 bridgehead atoms. The second kappa shape index (κ2) is 3.56. The highest BCUT2D eigenvalue weighted by molar-refractivity contribution is 5.79. The lowest BCUT2D eigenvalue weighted by Gasteiger charge is -2.23. The summed E-state index contributed by atoms with van der Waals surface area (Å²) in [5, 5.41) is 0. The lowest BCUT2D eigenvalue weighted by Crippen LogP contribution is -2.32. The fraction of sp³-hybridized carbons (Fsp3) is 0.750. The molecule has 0 aliphatic heterocycles. The third-order valence-electron chi connectivity index (χ3n) is 2.53. The highest BCUT2D eigenvalue weighted by Crippen LogP contribution is 2.27. The number of nitrogens with two attached hydrogens (primary N) is 2. The zero-order valence-electron chi connectivity index (χ0n) is 6.95. The van der Waals surface area contributed by atoms with Crippen LogP contribution in [0.4, 0.5) is 0 Å². The molecule has 0 aromatic rings. The Morgan fingerprint density at radius 1 is 0.833 bits per heavy atom. The molecule has 0 radical (unpaired) electrons. The summed E-state index contributed by atoms with van der Waals surface area (Å²) in [5.74, 6) is -0.586. The number of primary amides is 2. The number of carbonyl (C=O) groups is 2. The van der Waals surface area contributed by atoms with Gasteiger partial charge >= 0.3 is 0 Å². The van der Waals surface area contributed by atoms with Crippen molar-refractivity contribution in [2.75, 3.05) is 0 Å². The van der Waals surface area contributed by atoms with Gasteiger partial charge in [-0.3, -0.25) is 9.59 Å². The molecule has 0 aromatic carbocycles. The van der Waals surface area contributed by atoms with Gasteiger partial charge in [0, 0.05) is 11.8 Å². The first kappa shape index (κ1) is 9.03. The molecule has 68 valence electrons. The van der Waals surface area contributed by atoms with Crippen LogP contribution >= 0.6 is 0 Å². The van der Waals surface area contributed by atoms with Gasteiger partial charge in [0.1, 0.15) is 0 Å². The van der Waals surface area contributed by atoms with Crippen LogP contribution in [-0.2, 0) is 9.59 Å². The van der Waals surface area contributed by atoms with E-state index < -0.39 is 0 Å². The summed E-state index contributed by atoms with van der Waals surface area (Å²) >= 11 is 0. The van der Waals surface area contributed by atoms with Crippen molar-refractivity contribution in [2.24, 2.45) is 23.3 Å². The van der Waals surface area contributed by atoms with E-state index >= 15 is 0 Å². The summed E-state index contributed by atoms with van der Waals surface area (Å²) in [4.78, 5) is 21.5. The molecule has 2 amide bonds. The van der Waals surface area contributed by atoms with E-state index in [0.29, 0.717) is 25.7 Å². The number of rotatable bonds is 2. The van der Waals surface area contributed by atoms with Gasteiger partial charge in [0.2, 0.25) is 11.8 Å². The van der Waals surface area contributed by atoms with Crippen LogP contribution in [0.3, 0.4) is 0 Å². The lowest BCUT2D eigenvalue weighted by molar-refractivity contribution is -0.127.